The molecule has 24 heavy (non-hydrogen) atoms. The highest BCUT2D eigenvalue weighted by atomic mass is 32.1. The second-order valence-electron chi connectivity index (χ2n) is 5.65. The first-order chi connectivity index (χ1) is 11.4. The van der Waals surface area contributed by atoms with E-state index in [9.17, 15) is 14.3 Å². The van der Waals surface area contributed by atoms with Crippen LogP contribution in [0, 0.1) is 12.7 Å². The molecule has 1 aromatic heterocycles. The van der Waals surface area contributed by atoms with Crippen LogP contribution in [0.4, 0.5) is 14.3 Å². The maximum Gasteiger partial charge on any atom is 0.323 e. The number of thiazole rings is 1. The highest BCUT2D eigenvalue weighted by molar-refractivity contribution is 7.15. The molecule has 0 bridgehead atoms. The minimum absolute atomic E-state index is 0.259. The molecule has 130 valence electrons. The zero-order valence-electron chi connectivity index (χ0n) is 14.0. The van der Waals surface area contributed by atoms with Crippen molar-refractivity contribution in [1.82, 2.24) is 9.88 Å². The molecule has 0 saturated heterocycles. The smallest absolute Gasteiger partial charge is 0.323 e. The summed E-state index contributed by atoms with van der Waals surface area (Å²) in [5.41, 5.74) is 1.84. The molecule has 0 radical (unpaired) electrons. The molecule has 1 atom stereocenters. The van der Waals surface area contributed by atoms with Gasteiger partial charge in [-0.25, -0.2) is 14.2 Å². The summed E-state index contributed by atoms with van der Waals surface area (Å²) in [6, 6.07) is 6.08. The van der Waals surface area contributed by atoms with Gasteiger partial charge in [-0.2, -0.15) is 0 Å². The standard InChI is InChI=1S/C17H22FN3O2S/c1-4-21(10-11(2)22)17(23)20-16-19-12(3)15(24-16)9-13-5-7-14(18)8-6-13/h5-8,11,22H,4,9-10H2,1-3H3,(H,19,20,23). The van der Waals surface area contributed by atoms with E-state index in [4.69, 9.17) is 0 Å². The largest absolute Gasteiger partial charge is 0.392 e. The van der Waals surface area contributed by atoms with Crippen molar-refractivity contribution in [3.05, 3.63) is 46.2 Å². The van der Waals surface area contributed by atoms with Crippen LogP contribution in [-0.4, -0.2) is 40.2 Å². The average Bonchev–Trinajstić information content (AvgIpc) is 2.86. The monoisotopic (exact) mass is 351 g/mol. The van der Waals surface area contributed by atoms with Gasteiger partial charge in [-0.15, -0.1) is 11.3 Å². The number of benzene rings is 1. The van der Waals surface area contributed by atoms with Crippen molar-refractivity contribution in [3.63, 3.8) is 0 Å². The molecule has 0 saturated carbocycles. The molecule has 2 N–H and O–H groups in total. The number of nitrogens with one attached hydrogen (secondary N) is 1. The van der Waals surface area contributed by atoms with Gasteiger partial charge in [0.1, 0.15) is 5.82 Å². The lowest BCUT2D eigenvalue weighted by Gasteiger charge is -2.21. The van der Waals surface area contributed by atoms with Crippen molar-refractivity contribution in [2.45, 2.75) is 33.3 Å². The number of anilines is 1. The molecule has 2 amide bonds. The van der Waals surface area contributed by atoms with Gasteiger partial charge < -0.3 is 10.0 Å². The van der Waals surface area contributed by atoms with E-state index in [0.717, 1.165) is 16.1 Å². The molecule has 1 unspecified atom stereocenters. The summed E-state index contributed by atoms with van der Waals surface area (Å²) in [6.07, 6.45) is 0.0629. The quantitative estimate of drug-likeness (QED) is 0.838. The number of halogens is 1. The van der Waals surface area contributed by atoms with Gasteiger partial charge in [0.2, 0.25) is 0 Å². The summed E-state index contributed by atoms with van der Waals surface area (Å²) in [4.78, 5) is 19.2. The third kappa shape index (κ3) is 5.01. The number of nitrogens with zero attached hydrogens (tertiary/aromatic N) is 2. The van der Waals surface area contributed by atoms with Crippen LogP contribution in [0.2, 0.25) is 0 Å². The van der Waals surface area contributed by atoms with Crippen LogP contribution in [0.1, 0.15) is 30.0 Å². The lowest BCUT2D eigenvalue weighted by molar-refractivity contribution is 0.141. The highest BCUT2D eigenvalue weighted by Gasteiger charge is 2.16. The Balaban J connectivity index is 2.05. The number of urea groups is 1. The van der Waals surface area contributed by atoms with E-state index in [1.807, 2.05) is 13.8 Å². The molecule has 2 rings (SSSR count). The number of aliphatic hydroxyl groups is 1. The molecule has 5 nitrogen and oxygen atoms in total. The van der Waals surface area contributed by atoms with E-state index in [0.29, 0.717) is 18.1 Å². The van der Waals surface area contributed by atoms with E-state index in [1.54, 1.807) is 19.1 Å². The van der Waals surface area contributed by atoms with E-state index in [-0.39, 0.29) is 18.4 Å². The van der Waals surface area contributed by atoms with Crippen molar-refractivity contribution in [1.29, 1.82) is 0 Å². The van der Waals surface area contributed by atoms with Crippen LogP contribution >= 0.6 is 11.3 Å². The fourth-order valence-corrected chi connectivity index (χ4v) is 3.26. The Bertz CT molecular complexity index is 686. The summed E-state index contributed by atoms with van der Waals surface area (Å²) in [5, 5.41) is 12.7. The summed E-state index contributed by atoms with van der Waals surface area (Å²) in [7, 11) is 0. The SMILES string of the molecule is CCN(CC(C)O)C(=O)Nc1nc(C)c(Cc2ccc(F)cc2)s1. The van der Waals surface area contributed by atoms with Gasteiger partial charge in [-0.3, -0.25) is 5.32 Å². The van der Waals surface area contributed by atoms with Crippen LogP contribution in [0.3, 0.4) is 0 Å². The number of aryl methyl sites for hydroxylation is 1. The Morgan fingerprint density at radius 3 is 2.67 bits per heavy atom. The molecule has 0 aliphatic rings. The van der Waals surface area contributed by atoms with E-state index in [1.165, 1.54) is 28.4 Å². The molecule has 0 aliphatic carbocycles. The fourth-order valence-electron chi connectivity index (χ4n) is 2.28. The van der Waals surface area contributed by atoms with Crippen LogP contribution in [0.15, 0.2) is 24.3 Å². The molecular formula is C17H22FN3O2S. The molecular weight excluding hydrogens is 329 g/mol. The minimum atomic E-state index is -0.581. The normalized spacial score (nSPS) is 12.0. The fraction of sp³-hybridized carbons (Fsp3) is 0.412. The summed E-state index contributed by atoms with van der Waals surface area (Å²) >= 11 is 1.41. The van der Waals surface area contributed by atoms with Crippen LogP contribution in [-0.2, 0) is 6.42 Å². The van der Waals surface area contributed by atoms with Crippen molar-refractivity contribution in [3.8, 4) is 0 Å². The van der Waals surface area contributed by atoms with Gasteiger partial charge >= 0.3 is 6.03 Å². The van der Waals surface area contributed by atoms with Gasteiger partial charge in [0.05, 0.1) is 11.8 Å². The second kappa shape index (κ2) is 8.21. The summed E-state index contributed by atoms with van der Waals surface area (Å²) in [6.45, 7) is 6.16. The lowest BCUT2D eigenvalue weighted by atomic mass is 10.1. The van der Waals surface area contributed by atoms with Crippen molar-refractivity contribution >= 4 is 22.5 Å². The van der Waals surface area contributed by atoms with E-state index in [2.05, 4.69) is 10.3 Å². The lowest BCUT2D eigenvalue weighted by Crippen LogP contribution is -2.39. The minimum Gasteiger partial charge on any atom is -0.392 e. The maximum atomic E-state index is 13.0. The van der Waals surface area contributed by atoms with E-state index < -0.39 is 6.10 Å². The zero-order chi connectivity index (χ0) is 17.7. The molecule has 0 spiro atoms. The Kier molecular flexibility index (Phi) is 6.28. The van der Waals surface area contributed by atoms with Crippen molar-refractivity contribution in [2.75, 3.05) is 18.4 Å². The molecule has 1 aromatic carbocycles. The Morgan fingerprint density at radius 2 is 2.08 bits per heavy atom. The van der Waals surface area contributed by atoms with Crippen LogP contribution in [0.25, 0.3) is 0 Å². The number of amides is 2. The average molecular weight is 351 g/mol. The summed E-state index contributed by atoms with van der Waals surface area (Å²) < 4.78 is 13.0. The second-order valence-corrected chi connectivity index (χ2v) is 6.73. The first-order valence-corrected chi connectivity index (χ1v) is 8.65. The number of aromatic nitrogens is 1. The maximum absolute atomic E-state index is 13.0. The number of hydrogen-bond donors (Lipinski definition) is 2. The number of carbonyl (C=O) groups is 1. The Labute approximate surface area is 145 Å². The topological polar surface area (TPSA) is 65.5 Å². The van der Waals surface area contributed by atoms with Crippen LogP contribution in [0.5, 0.6) is 0 Å². The third-order valence-corrected chi connectivity index (χ3v) is 4.61. The van der Waals surface area contributed by atoms with Crippen molar-refractivity contribution in [2.24, 2.45) is 0 Å². The number of carbonyl (C=O) groups excluding carboxylic acids is 1. The number of rotatable bonds is 6. The van der Waals surface area contributed by atoms with Gasteiger partial charge in [0, 0.05) is 24.4 Å². The third-order valence-electron chi connectivity index (χ3n) is 3.54. The van der Waals surface area contributed by atoms with Crippen LogP contribution < -0.4 is 5.32 Å². The number of likely N-dealkylation sites (N-methyl/N-ethyl adjacent to an activating group) is 1. The van der Waals surface area contributed by atoms with E-state index >= 15 is 0 Å². The predicted octanol–water partition coefficient (Wildman–Crippen LogP) is 3.42. The zero-order valence-corrected chi connectivity index (χ0v) is 14.9. The van der Waals surface area contributed by atoms with Gasteiger partial charge in [0.15, 0.2) is 5.13 Å². The molecule has 0 aliphatic heterocycles. The number of aliphatic hydroxyl groups excluding tert-OH is 1. The first kappa shape index (κ1) is 18.4. The Hall–Kier alpha value is -1.99. The van der Waals surface area contributed by atoms with Gasteiger partial charge in [0.25, 0.3) is 0 Å². The van der Waals surface area contributed by atoms with Gasteiger partial charge in [-0.1, -0.05) is 12.1 Å². The molecule has 7 heteroatoms. The molecule has 0 fully saturated rings. The predicted molar refractivity (Wildman–Crippen MR) is 94.0 cm³/mol. The Morgan fingerprint density at radius 1 is 1.42 bits per heavy atom. The molecule has 1 heterocycles. The van der Waals surface area contributed by atoms with Crippen molar-refractivity contribution < 1.29 is 14.3 Å². The molecule has 2 aromatic rings. The highest BCUT2D eigenvalue weighted by Crippen LogP contribution is 2.25. The van der Waals surface area contributed by atoms with Gasteiger partial charge in [-0.05, 0) is 38.5 Å². The first-order valence-electron chi connectivity index (χ1n) is 7.83. The number of hydrogen-bond acceptors (Lipinski definition) is 4. The summed E-state index contributed by atoms with van der Waals surface area (Å²) in [5.74, 6) is -0.259.